The number of anilines is 1. The number of hydrogen-bond donors (Lipinski definition) is 1. The summed E-state index contributed by atoms with van der Waals surface area (Å²) < 4.78 is 15.7. The van der Waals surface area contributed by atoms with Crippen LogP contribution in [0.15, 0.2) is 53.9 Å². The lowest BCUT2D eigenvalue weighted by atomic mass is 10.0. The molecule has 0 fully saturated rings. The average Bonchev–Trinajstić information content (AvgIpc) is 3.33. The van der Waals surface area contributed by atoms with E-state index in [2.05, 4.69) is 20.6 Å². The zero-order valence-electron chi connectivity index (χ0n) is 15.5. The van der Waals surface area contributed by atoms with Gasteiger partial charge in [-0.3, -0.25) is 10.1 Å². The Balaban J connectivity index is 1.39. The van der Waals surface area contributed by atoms with Gasteiger partial charge >= 0.3 is 0 Å². The van der Waals surface area contributed by atoms with E-state index in [1.54, 1.807) is 17.1 Å². The summed E-state index contributed by atoms with van der Waals surface area (Å²) >= 11 is 6.05. The summed E-state index contributed by atoms with van der Waals surface area (Å²) in [4.78, 5) is 21.7. The number of carbonyl (C=O) groups is 1. The van der Waals surface area contributed by atoms with E-state index in [9.17, 15) is 9.18 Å². The number of aryl methyl sites for hydroxylation is 1. The molecule has 0 radical (unpaired) electrons. The predicted octanol–water partition coefficient (Wildman–Crippen LogP) is 3.56. The third kappa shape index (κ3) is 4.12. The van der Waals surface area contributed by atoms with Gasteiger partial charge < -0.3 is 4.84 Å². The molecule has 4 rings (SSSR count). The molecular weight excluding hydrogens is 397 g/mol. The molecule has 3 aromatic rings. The molecule has 0 spiro atoms. The van der Waals surface area contributed by atoms with Gasteiger partial charge in [0.2, 0.25) is 12.1 Å². The number of aromatic nitrogens is 3. The minimum atomic E-state index is -0.913. The van der Waals surface area contributed by atoms with Crippen molar-refractivity contribution in [1.82, 2.24) is 14.8 Å². The minimum absolute atomic E-state index is 0.0937. The lowest BCUT2D eigenvalue weighted by Crippen LogP contribution is -2.28. The standard InChI is InChI=1S/C20H17ClFN5O2/c1-12-5-2-3-6-13(12)10-27-11-23-20(25-27)24-19(28)17-9-16(26-29-17)18-14(21)7-4-8-15(18)22/h2-8,11,17H,9-10H2,1H3,(H,24,25,28). The number of amides is 1. The molecule has 1 unspecified atom stereocenters. The first-order valence-corrected chi connectivity index (χ1v) is 9.31. The van der Waals surface area contributed by atoms with Gasteiger partial charge in [0.15, 0.2) is 0 Å². The Hall–Kier alpha value is -3.26. The Morgan fingerprint density at radius 3 is 2.93 bits per heavy atom. The number of oxime groups is 1. The molecule has 1 atom stereocenters. The van der Waals surface area contributed by atoms with Crippen molar-refractivity contribution in [2.75, 3.05) is 5.32 Å². The van der Waals surface area contributed by atoms with Gasteiger partial charge in [-0.2, -0.15) is 0 Å². The highest BCUT2D eigenvalue weighted by molar-refractivity contribution is 6.34. The van der Waals surface area contributed by atoms with Crippen LogP contribution >= 0.6 is 11.6 Å². The minimum Gasteiger partial charge on any atom is -0.382 e. The average molecular weight is 414 g/mol. The van der Waals surface area contributed by atoms with Crippen molar-refractivity contribution in [3.63, 3.8) is 0 Å². The Morgan fingerprint density at radius 1 is 1.31 bits per heavy atom. The first kappa shape index (κ1) is 19.1. The van der Waals surface area contributed by atoms with E-state index in [0.717, 1.165) is 11.1 Å². The smallest absolute Gasteiger partial charge is 0.271 e. The summed E-state index contributed by atoms with van der Waals surface area (Å²) in [6.07, 6.45) is 0.721. The van der Waals surface area contributed by atoms with Crippen molar-refractivity contribution < 1.29 is 14.0 Å². The summed E-state index contributed by atoms with van der Waals surface area (Å²) in [5.74, 6) is -0.827. The van der Waals surface area contributed by atoms with Crippen LogP contribution in [0.25, 0.3) is 0 Å². The quantitative estimate of drug-likeness (QED) is 0.693. The highest BCUT2D eigenvalue weighted by Crippen LogP contribution is 2.25. The number of rotatable bonds is 5. The largest absolute Gasteiger partial charge is 0.382 e. The molecule has 29 heavy (non-hydrogen) atoms. The Labute approximate surface area is 171 Å². The second kappa shape index (κ2) is 8.00. The Kier molecular flexibility index (Phi) is 5.26. The molecule has 0 aliphatic carbocycles. The third-order valence-electron chi connectivity index (χ3n) is 4.58. The molecule has 2 aromatic carbocycles. The van der Waals surface area contributed by atoms with Crippen molar-refractivity contribution in [1.29, 1.82) is 0 Å². The SMILES string of the molecule is Cc1ccccc1Cn1cnc(NC(=O)C2CC(c3c(F)cccc3Cl)=NO2)n1. The van der Waals surface area contributed by atoms with Gasteiger partial charge in [0.05, 0.1) is 22.8 Å². The van der Waals surface area contributed by atoms with Crippen LogP contribution in [0.3, 0.4) is 0 Å². The predicted molar refractivity (Wildman–Crippen MR) is 106 cm³/mol. The maximum absolute atomic E-state index is 14.0. The fourth-order valence-corrected chi connectivity index (χ4v) is 3.29. The molecule has 1 aliphatic rings. The van der Waals surface area contributed by atoms with Gasteiger partial charge in [-0.05, 0) is 30.2 Å². The topological polar surface area (TPSA) is 81.4 Å². The first-order chi connectivity index (χ1) is 14.0. The summed E-state index contributed by atoms with van der Waals surface area (Å²) in [7, 11) is 0. The normalized spacial score (nSPS) is 15.7. The lowest BCUT2D eigenvalue weighted by Gasteiger charge is -2.07. The van der Waals surface area contributed by atoms with Crippen molar-refractivity contribution in [3.05, 3.63) is 76.3 Å². The van der Waals surface area contributed by atoms with Crippen molar-refractivity contribution in [2.45, 2.75) is 26.0 Å². The molecule has 1 amide bonds. The molecule has 1 aliphatic heterocycles. The first-order valence-electron chi connectivity index (χ1n) is 8.93. The van der Waals surface area contributed by atoms with Crippen LogP contribution in [0, 0.1) is 12.7 Å². The highest BCUT2D eigenvalue weighted by Gasteiger charge is 2.31. The van der Waals surface area contributed by atoms with E-state index in [4.69, 9.17) is 16.4 Å². The van der Waals surface area contributed by atoms with Crippen molar-refractivity contribution >= 4 is 29.2 Å². The van der Waals surface area contributed by atoms with Gasteiger partial charge in [-0.25, -0.2) is 14.1 Å². The number of hydrogen-bond acceptors (Lipinski definition) is 5. The molecule has 0 saturated carbocycles. The number of benzene rings is 2. The second-order valence-corrected chi connectivity index (χ2v) is 7.02. The zero-order chi connectivity index (χ0) is 20.4. The van der Waals surface area contributed by atoms with Gasteiger partial charge in [-0.15, -0.1) is 5.10 Å². The van der Waals surface area contributed by atoms with Crippen LogP contribution < -0.4 is 5.32 Å². The van der Waals surface area contributed by atoms with E-state index in [1.807, 2.05) is 31.2 Å². The molecule has 7 nitrogen and oxygen atoms in total. The van der Waals surface area contributed by atoms with E-state index >= 15 is 0 Å². The molecule has 1 aromatic heterocycles. The number of nitrogens with zero attached hydrogens (tertiary/aromatic N) is 4. The van der Waals surface area contributed by atoms with E-state index in [0.29, 0.717) is 6.54 Å². The van der Waals surface area contributed by atoms with Gasteiger partial charge in [0, 0.05) is 6.42 Å². The lowest BCUT2D eigenvalue weighted by molar-refractivity contribution is -0.125. The van der Waals surface area contributed by atoms with Crippen LogP contribution in [0.4, 0.5) is 10.3 Å². The summed E-state index contributed by atoms with van der Waals surface area (Å²) in [6, 6.07) is 12.3. The summed E-state index contributed by atoms with van der Waals surface area (Å²) in [5.41, 5.74) is 2.68. The zero-order valence-corrected chi connectivity index (χ0v) is 16.2. The van der Waals surface area contributed by atoms with Crippen LogP contribution in [0.5, 0.6) is 0 Å². The summed E-state index contributed by atoms with van der Waals surface area (Å²) in [6.45, 7) is 2.56. The van der Waals surface area contributed by atoms with Gasteiger partial charge in [0.1, 0.15) is 12.1 Å². The van der Waals surface area contributed by atoms with Crippen molar-refractivity contribution in [2.24, 2.45) is 5.16 Å². The molecule has 9 heteroatoms. The number of nitrogens with one attached hydrogen (secondary N) is 1. The fraction of sp³-hybridized carbons (Fsp3) is 0.200. The monoisotopic (exact) mass is 413 g/mol. The third-order valence-corrected chi connectivity index (χ3v) is 4.89. The van der Waals surface area contributed by atoms with Crippen LogP contribution in [-0.4, -0.2) is 32.5 Å². The van der Waals surface area contributed by atoms with Crippen LogP contribution in [0.1, 0.15) is 23.1 Å². The molecular formula is C20H17ClFN5O2. The van der Waals surface area contributed by atoms with Gasteiger partial charge in [-0.1, -0.05) is 47.1 Å². The van der Waals surface area contributed by atoms with E-state index < -0.39 is 17.8 Å². The van der Waals surface area contributed by atoms with Crippen LogP contribution in [0.2, 0.25) is 5.02 Å². The second-order valence-electron chi connectivity index (χ2n) is 6.61. The Morgan fingerprint density at radius 2 is 2.14 bits per heavy atom. The number of carbonyl (C=O) groups excluding carboxylic acids is 1. The van der Waals surface area contributed by atoms with E-state index in [1.165, 1.54) is 12.1 Å². The van der Waals surface area contributed by atoms with Crippen molar-refractivity contribution in [3.8, 4) is 0 Å². The maximum atomic E-state index is 14.0. The molecule has 1 N–H and O–H groups in total. The molecule has 0 saturated heterocycles. The molecule has 0 bridgehead atoms. The summed E-state index contributed by atoms with van der Waals surface area (Å²) in [5, 5.41) is 10.9. The van der Waals surface area contributed by atoms with Gasteiger partial charge in [0.25, 0.3) is 5.91 Å². The molecule has 2 heterocycles. The van der Waals surface area contributed by atoms with Crippen LogP contribution in [-0.2, 0) is 16.2 Å². The fourth-order valence-electron chi connectivity index (χ4n) is 3.02. The molecule has 148 valence electrons. The maximum Gasteiger partial charge on any atom is 0.271 e. The number of halogens is 2. The highest BCUT2D eigenvalue weighted by atomic mass is 35.5. The van der Waals surface area contributed by atoms with E-state index in [-0.39, 0.29) is 28.7 Å². The Bertz CT molecular complexity index is 1080.